The fourth-order valence-electron chi connectivity index (χ4n) is 6.52. The van der Waals surface area contributed by atoms with Crippen LogP contribution in [0.15, 0.2) is 48.5 Å². The van der Waals surface area contributed by atoms with Gasteiger partial charge in [0.15, 0.2) is 0 Å². The van der Waals surface area contributed by atoms with Crippen molar-refractivity contribution in [2.24, 2.45) is 11.8 Å². The minimum atomic E-state index is -4.81. The Labute approximate surface area is 218 Å². The lowest BCUT2D eigenvalue weighted by Gasteiger charge is -2.35. The van der Waals surface area contributed by atoms with Crippen LogP contribution in [0.3, 0.4) is 0 Å². The predicted octanol–water partition coefficient (Wildman–Crippen LogP) is 4.69. The first-order valence-corrected chi connectivity index (χ1v) is 12.5. The van der Waals surface area contributed by atoms with Crippen molar-refractivity contribution in [3.8, 4) is 12.1 Å². The lowest BCUT2D eigenvalue weighted by atomic mass is 9.65. The fraction of sp³-hybridized carbons (Fsp3) is 0.464. The van der Waals surface area contributed by atoms with Gasteiger partial charge in [0.1, 0.15) is 6.23 Å². The second kappa shape index (κ2) is 9.70. The van der Waals surface area contributed by atoms with Crippen LogP contribution in [0.4, 0.5) is 18.9 Å². The number of benzene rings is 2. The van der Waals surface area contributed by atoms with Crippen LogP contribution in [-0.4, -0.2) is 35.1 Å². The molecule has 0 spiro atoms. The van der Waals surface area contributed by atoms with Gasteiger partial charge in [0, 0.05) is 31.1 Å². The molecular weight excluding hydrogens is 499 g/mol. The summed E-state index contributed by atoms with van der Waals surface area (Å²) in [5.74, 6) is -2.03. The fourth-order valence-corrected chi connectivity index (χ4v) is 6.52. The Bertz CT molecular complexity index is 1310. The number of carbonyl (C=O) groups is 1. The third-order valence-corrected chi connectivity index (χ3v) is 8.15. The van der Waals surface area contributed by atoms with E-state index in [9.17, 15) is 28.3 Å². The van der Waals surface area contributed by atoms with E-state index in [-0.39, 0.29) is 18.7 Å². The number of carbonyl (C=O) groups excluding carboxylic acids is 1. The number of ether oxygens (including phenoxy) is 2. The van der Waals surface area contributed by atoms with Crippen molar-refractivity contribution in [1.82, 2.24) is 0 Å². The zero-order valence-electron chi connectivity index (χ0n) is 20.4. The molecule has 3 aliphatic rings. The summed E-state index contributed by atoms with van der Waals surface area (Å²) in [6, 6.07) is 16.2. The number of hydrogen-bond acceptors (Lipinski definition) is 6. The van der Waals surface area contributed by atoms with Crippen molar-refractivity contribution >= 4 is 11.6 Å². The molecule has 2 aromatic carbocycles. The molecule has 1 amide bonds. The smallest absolute Gasteiger partial charge is 0.377 e. The Morgan fingerprint density at radius 3 is 2.53 bits per heavy atom. The molecule has 0 saturated carbocycles. The second-order valence-electron chi connectivity index (χ2n) is 10.1. The van der Waals surface area contributed by atoms with Gasteiger partial charge in [-0.2, -0.15) is 23.7 Å². The SMILES string of the molecule is N#CCCC12CCC(CCOCc3ccccc3)(O1)[C@@H]1C(=O)N(c3ccc(C#N)c(C(F)(F)F)c3)C(O)[C@@H]12. The number of nitrogens with zero attached hydrogens (tertiary/aromatic N) is 3. The van der Waals surface area contributed by atoms with Crippen molar-refractivity contribution in [3.63, 3.8) is 0 Å². The molecule has 3 fully saturated rings. The largest absolute Gasteiger partial charge is 0.417 e. The molecule has 3 aliphatic heterocycles. The van der Waals surface area contributed by atoms with Gasteiger partial charge in [0.05, 0.1) is 47.0 Å². The van der Waals surface area contributed by atoms with E-state index in [2.05, 4.69) is 6.07 Å². The average Bonchev–Trinajstić information content (AvgIpc) is 3.51. The minimum Gasteiger partial charge on any atom is -0.377 e. The number of aliphatic hydroxyl groups excluding tert-OH is 1. The lowest BCUT2D eigenvalue weighted by molar-refractivity contribution is -0.138. The zero-order chi connectivity index (χ0) is 27.1. The molecule has 2 bridgehead atoms. The molecule has 5 rings (SSSR count). The summed E-state index contributed by atoms with van der Waals surface area (Å²) in [4.78, 5) is 14.8. The summed E-state index contributed by atoms with van der Waals surface area (Å²) in [5, 5.41) is 29.8. The number of alkyl halides is 3. The molecule has 5 atom stereocenters. The third kappa shape index (κ3) is 4.23. The zero-order valence-corrected chi connectivity index (χ0v) is 20.4. The van der Waals surface area contributed by atoms with Gasteiger partial charge in [-0.1, -0.05) is 30.3 Å². The van der Waals surface area contributed by atoms with E-state index in [1.807, 2.05) is 30.3 Å². The van der Waals surface area contributed by atoms with Crippen LogP contribution in [0.1, 0.15) is 48.8 Å². The maximum atomic E-state index is 13.8. The molecule has 1 N–H and O–H groups in total. The summed E-state index contributed by atoms with van der Waals surface area (Å²) < 4.78 is 53.3. The van der Waals surface area contributed by atoms with Crippen LogP contribution in [0.25, 0.3) is 0 Å². The van der Waals surface area contributed by atoms with Crippen LogP contribution in [0.2, 0.25) is 0 Å². The van der Waals surface area contributed by atoms with Gasteiger partial charge in [-0.15, -0.1) is 0 Å². The topological polar surface area (TPSA) is 107 Å². The van der Waals surface area contributed by atoms with E-state index < -0.39 is 52.5 Å². The number of hydrogen-bond donors (Lipinski definition) is 1. The van der Waals surface area contributed by atoms with E-state index >= 15 is 0 Å². The Hall–Kier alpha value is -3.44. The first kappa shape index (κ1) is 26.2. The van der Waals surface area contributed by atoms with E-state index in [0.29, 0.717) is 32.3 Å². The summed E-state index contributed by atoms with van der Waals surface area (Å²) in [5.41, 5.74) is -2.77. The number of anilines is 1. The number of nitriles is 2. The van der Waals surface area contributed by atoms with Crippen molar-refractivity contribution in [1.29, 1.82) is 10.5 Å². The summed E-state index contributed by atoms with van der Waals surface area (Å²) >= 11 is 0. The quantitative estimate of drug-likeness (QED) is 0.502. The van der Waals surface area contributed by atoms with Gasteiger partial charge >= 0.3 is 6.18 Å². The van der Waals surface area contributed by atoms with Crippen molar-refractivity contribution in [2.45, 2.75) is 62.3 Å². The molecule has 0 aliphatic carbocycles. The maximum Gasteiger partial charge on any atom is 0.417 e. The molecule has 38 heavy (non-hydrogen) atoms. The van der Waals surface area contributed by atoms with Crippen LogP contribution < -0.4 is 4.90 Å². The van der Waals surface area contributed by atoms with Gasteiger partial charge in [-0.25, -0.2) is 0 Å². The first-order valence-electron chi connectivity index (χ1n) is 12.5. The normalized spacial score (nSPS) is 29.8. The average molecular weight is 526 g/mol. The lowest BCUT2D eigenvalue weighted by Crippen LogP contribution is -2.45. The molecule has 3 heterocycles. The van der Waals surface area contributed by atoms with Crippen molar-refractivity contribution < 1.29 is 32.5 Å². The van der Waals surface area contributed by atoms with E-state index in [4.69, 9.17) is 14.7 Å². The Morgan fingerprint density at radius 1 is 1.11 bits per heavy atom. The third-order valence-electron chi connectivity index (χ3n) is 8.15. The summed E-state index contributed by atoms with van der Waals surface area (Å²) in [7, 11) is 0. The molecule has 10 heteroatoms. The molecule has 7 nitrogen and oxygen atoms in total. The maximum absolute atomic E-state index is 13.8. The summed E-state index contributed by atoms with van der Waals surface area (Å²) in [6.45, 7) is 0.656. The highest BCUT2D eigenvalue weighted by Gasteiger charge is 2.74. The Morgan fingerprint density at radius 2 is 1.84 bits per heavy atom. The van der Waals surface area contributed by atoms with E-state index in [0.717, 1.165) is 22.6 Å². The van der Waals surface area contributed by atoms with Crippen LogP contribution in [-0.2, 0) is 27.1 Å². The molecule has 3 saturated heterocycles. The number of aliphatic hydroxyl groups is 1. The molecule has 2 aromatic rings. The van der Waals surface area contributed by atoms with Crippen LogP contribution >= 0.6 is 0 Å². The van der Waals surface area contributed by atoms with Gasteiger partial charge in [-0.3, -0.25) is 9.69 Å². The molecule has 3 unspecified atom stereocenters. The Balaban J connectivity index is 1.44. The highest BCUT2D eigenvalue weighted by Crippen LogP contribution is 2.65. The monoisotopic (exact) mass is 525 g/mol. The highest BCUT2D eigenvalue weighted by molar-refractivity contribution is 5.99. The molecule has 0 radical (unpaired) electrons. The number of amides is 1. The molecular formula is C28H26F3N3O4. The van der Waals surface area contributed by atoms with Gasteiger partial charge < -0.3 is 14.6 Å². The minimum absolute atomic E-state index is 0.131. The second-order valence-corrected chi connectivity index (χ2v) is 10.1. The summed E-state index contributed by atoms with van der Waals surface area (Å²) in [6.07, 6.45) is -4.39. The predicted molar refractivity (Wildman–Crippen MR) is 128 cm³/mol. The first-order chi connectivity index (χ1) is 18.2. The van der Waals surface area contributed by atoms with E-state index in [1.165, 1.54) is 12.1 Å². The number of fused-ring (bicyclic) bond motifs is 5. The standard InChI is InChI=1S/C28H26F3N3O4/c29-28(30,31)21-15-20(8-7-19(21)16-33)34-24(35)22-23(25(34)36)27(11-10-26(22,38-27)9-4-13-32)12-14-37-17-18-5-2-1-3-6-18/h1-3,5-8,15,22-24,35H,4,9-12,14,17H2/t22-,23+,24?,26?,27?/m1/s1. The van der Waals surface area contributed by atoms with Gasteiger partial charge in [-0.05, 0) is 43.0 Å². The molecule has 198 valence electrons. The van der Waals surface area contributed by atoms with Crippen molar-refractivity contribution in [2.75, 3.05) is 11.5 Å². The number of halogens is 3. The van der Waals surface area contributed by atoms with Crippen molar-refractivity contribution in [3.05, 3.63) is 65.2 Å². The Kier molecular flexibility index (Phi) is 6.68. The van der Waals surface area contributed by atoms with Crippen LogP contribution in [0.5, 0.6) is 0 Å². The van der Waals surface area contributed by atoms with Gasteiger partial charge in [0.2, 0.25) is 5.91 Å². The highest BCUT2D eigenvalue weighted by atomic mass is 19.4. The van der Waals surface area contributed by atoms with Crippen LogP contribution in [0, 0.1) is 34.5 Å². The molecule has 0 aromatic heterocycles. The number of rotatable bonds is 8. The van der Waals surface area contributed by atoms with Gasteiger partial charge in [0.25, 0.3) is 0 Å². The van der Waals surface area contributed by atoms with E-state index in [1.54, 1.807) is 0 Å².